The van der Waals surface area contributed by atoms with Crippen molar-refractivity contribution >= 4 is 45.4 Å². The molecule has 1 aromatic heterocycles. The number of amides is 1. The SMILES string of the molecule is CCC(CCl)(CCl)NC(=O)c1ccc([N+](=O)[O-])s1. The first-order valence-electron chi connectivity index (χ1n) is 5.16. The highest BCUT2D eigenvalue weighted by Gasteiger charge is 2.29. The molecule has 18 heavy (non-hydrogen) atoms. The summed E-state index contributed by atoms with van der Waals surface area (Å²) in [5.74, 6) is -0.0189. The molecule has 100 valence electrons. The highest BCUT2D eigenvalue weighted by Crippen LogP contribution is 2.25. The van der Waals surface area contributed by atoms with Crippen LogP contribution in [0.4, 0.5) is 5.00 Å². The highest BCUT2D eigenvalue weighted by molar-refractivity contribution is 7.17. The fourth-order valence-corrected chi connectivity index (χ4v) is 2.74. The van der Waals surface area contributed by atoms with Gasteiger partial charge in [-0.25, -0.2) is 0 Å². The van der Waals surface area contributed by atoms with Crippen LogP contribution in [0.1, 0.15) is 23.0 Å². The minimum absolute atomic E-state index is 0.0704. The van der Waals surface area contributed by atoms with Crippen molar-refractivity contribution < 1.29 is 9.72 Å². The lowest BCUT2D eigenvalue weighted by atomic mass is 10.0. The normalized spacial score (nSPS) is 11.3. The van der Waals surface area contributed by atoms with Crippen LogP contribution in [0.25, 0.3) is 0 Å². The predicted molar refractivity (Wildman–Crippen MR) is 72.9 cm³/mol. The first kappa shape index (κ1) is 15.2. The summed E-state index contributed by atoms with van der Waals surface area (Å²) in [4.78, 5) is 22.2. The van der Waals surface area contributed by atoms with Gasteiger partial charge in [-0.2, -0.15) is 0 Å². The van der Waals surface area contributed by atoms with E-state index in [0.717, 1.165) is 11.3 Å². The number of rotatable bonds is 6. The molecule has 0 saturated heterocycles. The third-order valence-corrected chi connectivity index (χ3v) is 4.62. The molecule has 0 aliphatic rings. The van der Waals surface area contributed by atoms with Crippen molar-refractivity contribution in [3.05, 3.63) is 27.1 Å². The Bertz CT molecular complexity index is 438. The Morgan fingerprint density at radius 3 is 2.50 bits per heavy atom. The van der Waals surface area contributed by atoms with Gasteiger partial charge < -0.3 is 5.32 Å². The molecule has 1 heterocycles. The Labute approximate surface area is 118 Å². The zero-order valence-corrected chi connectivity index (χ0v) is 11.9. The molecule has 1 amide bonds. The van der Waals surface area contributed by atoms with Gasteiger partial charge in [0.1, 0.15) is 0 Å². The molecule has 0 fully saturated rings. The Morgan fingerprint density at radius 2 is 2.11 bits per heavy atom. The number of halogens is 2. The van der Waals surface area contributed by atoms with Crippen LogP contribution in [0.5, 0.6) is 0 Å². The zero-order chi connectivity index (χ0) is 13.8. The van der Waals surface area contributed by atoms with Crippen LogP contribution in [-0.2, 0) is 0 Å². The molecule has 0 aromatic carbocycles. The molecule has 8 heteroatoms. The third-order valence-electron chi connectivity index (χ3n) is 2.56. The van der Waals surface area contributed by atoms with Crippen LogP contribution in [0.3, 0.4) is 0 Å². The second kappa shape index (κ2) is 6.36. The number of nitrogens with zero attached hydrogens (tertiary/aromatic N) is 1. The molecule has 1 N–H and O–H groups in total. The lowest BCUT2D eigenvalue weighted by molar-refractivity contribution is -0.380. The van der Waals surface area contributed by atoms with Crippen molar-refractivity contribution in [1.82, 2.24) is 5.32 Å². The average Bonchev–Trinajstić information content (AvgIpc) is 2.86. The summed E-state index contributed by atoms with van der Waals surface area (Å²) in [7, 11) is 0. The summed E-state index contributed by atoms with van der Waals surface area (Å²) in [6.07, 6.45) is 0.583. The van der Waals surface area contributed by atoms with Gasteiger partial charge in [0.05, 0.1) is 15.3 Å². The molecule has 1 rings (SSSR count). The van der Waals surface area contributed by atoms with E-state index in [1.54, 1.807) is 0 Å². The Balaban J connectivity index is 2.84. The summed E-state index contributed by atoms with van der Waals surface area (Å²) in [6, 6.07) is 2.72. The molecule has 5 nitrogen and oxygen atoms in total. The minimum Gasteiger partial charge on any atom is -0.344 e. The molecule has 0 aliphatic heterocycles. The molecule has 0 aliphatic carbocycles. The van der Waals surface area contributed by atoms with Crippen LogP contribution in [0.2, 0.25) is 0 Å². The molecule has 1 aromatic rings. The van der Waals surface area contributed by atoms with Gasteiger partial charge >= 0.3 is 5.00 Å². The van der Waals surface area contributed by atoms with Crippen molar-refractivity contribution in [3.63, 3.8) is 0 Å². The van der Waals surface area contributed by atoms with E-state index in [1.807, 2.05) is 6.92 Å². The number of carbonyl (C=O) groups excluding carboxylic acids is 1. The van der Waals surface area contributed by atoms with Crippen LogP contribution < -0.4 is 5.32 Å². The van der Waals surface area contributed by atoms with E-state index >= 15 is 0 Å². The molecular formula is C10H12Cl2N2O3S. The number of nitrogens with one attached hydrogen (secondary N) is 1. The molecule has 0 spiro atoms. The van der Waals surface area contributed by atoms with Crippen molar-refractivity contribution in [1.29, 1.82) is 0 Å². The van der Waals surface area contributed by atoms with Crippen LogP contribution in [0, 0.1) is 10.1 Å². The van der Waals surface area contributed by atoms with E-state index in [4.69, 9.17) is 23.2 Å². The first-order valence-corrected chi connectivity index (χ1v) is 7.05. The second-order valence-electron chi connectivity index (χ2n) is 3.75. The molecule has 0 radical (unpaired) electrons. The maximum absolute atomic E-state index is 11.9. The van der Waals surface area contributed by atoms with Gasteiger partial charge in [-0.05, 0) is 12.5 Å². The van der Waals surface area contributed by atoms with Crippen LogP contribution >= 0.6 is 34.5 Å². The smallest absolute Gasteiger partial charge is 0.324 e. The van der Waals surface area contributed by atoms with Crippen molar-refractivity contribution in [3.8, 4) is 0 Å². The van der Waals surface area contributed by atoms with Crippen LogP contribution in [-0.4, -0.2) is 28.1 Å². The molecule has 0 bridgehead atoms. The van der Waals surface area contributed by atoms with E-state index in [-0.39, 0.29) is 21.6 Å². The maximum Gasteiger partial charge on any atom is 0.324 e. The van der Waals surface area contributed by atoms with Gasteiger partial charge in [-0.15, -0.1) is 23.2 Å². The summed E-state index contributed by atoms with van der Waals surface area (Å²) >= 11 is 12.4. The lowest BCUT2D eigenvalue weighted by Gasteiger charge is -2.29. The Hall–Kier alpha value is -0.850. The third kappa shape index (κ3) is 3.34. The van der Waals surface area contributed by atoms with Gasteiger partial charge in [0.25, 0.3) is 5.91 Å². The van der Waals surface area contributed by atoms with Gasteiger partial charge in [-0.3, -0.25) is 14.9 Å². The molecule has 0 atom stereocenters. The largest absolute Gasteiger partial charge is 0.344 e. The quantitative estimate of drug-likeness (QED) is 0.498. The second-order valence-corrected chi connectivity index (χ2v) is 5.35. The topological polar surface area (TPSA) is 72.2 Å². The molecular weight excluding hydrogens is 299 g/mol. The zero-order valence-electron chi connectivity index (χ0n) is 9.61. The number of alkyl halides is 2. The standard InChI is InChI=1S/C10H12Cl2N2O3S/c1-2-10(5-11,6-12)13-9(15)7-3-4-8(18-7)14(16)17/h3-4H,2,5-6H2,1H3,(H,13,15). The van der Waals surface area contributed by atoms with E-state index < -0.39 is 16.4 Å². The van der Waals surface area contributed by atoms with Crippen molar-refractivity contribution in [2.75, 3.05) is 11.8 Å². The van der Waals surface area contributed by atoms with Crippen molar-refractivity contribution in [2.24, 2.45) is 0 Å². The summed E-state index contributed by atoms with van der Waals surface area (Å²) in [5, 5.41) is 13.2. The monoisotopic (exact) mass is 310 g/mol. The van der Waals surface area contributed by atoms with Gasteiger partial charge in [0.15, 0.2) is 0 Å². The maximum atomic E-state index is 11.9. The summed E-state index contributed by atoms with van der Waals surface area (Å²) in [6.45, 7) is 1.86. The fraction of sp³-hybridized carbons (Fsp3) is 0.500. The first-order chi connectivity index (χ1) is 8.48. The highest BCUT2D eigenvalue weighted by atomic mass is 35.5. The predicted octanol–water partition coefficient (Wildman–Crippen LogP) is 3.01. The number of hydrogen-bond acceptors (Lipinski definition) is 4. The summed E-state index contributed by atoms with van der Waals surface area (Å²) in [5.41, 5.74) is -0.682. The number of hydrogen-bond donors (Lipinski definition) is 1. The Morgan fingerprint density at radius 1 is 1.50 bits per heavy atom. The number of nitro groups is 1. The van der Waals surface area contributed by atoms with Crippen LogP contribution in [0.15, 0.2) is 12.1 Å². The van der Waals surface area contributed by atoms with E-state index in [0.29, 0.717) is 6.42 Å². The van der Waals surface area contributed by atoms with E-state index in [1.165, 1.54) is 12.1 Å². The van der Waals surface area contributed by atoms with Crippen molar-refractivity contribution in [2.45, 2.75) is 18.9 Å². The summed E-state index contributed by atoms with van der Waals surface area (Å²) < 4.78 is 0. The Kier molecular flexibility index (Phi) is 5.37. The fourth-order valence-electron chi connectivity index (χ4n) is 1.23. The van der Waals surface area contributed by atoms with E-state index in [9.17, 15) is 14.9 Å². The van der Waals surface area contributed by atoms with Gasteiger partial charge in [0, 0.05) is 17.8 Å². The number of thiophene rings is 1. The van der Waals surface area contributed by atoms with Gasteiger partial charge in [0.2, 0.25) is 0 Å². The molecule has 0 saturated carbocycles. The van der Waals surface area contributed by atoms with Gasteiger partial charge in [-0.1, -0.05) is 18.3 Å². The average molecular weight is 311 g/mol. The van der Waals surface area contributed by atoms with E-state index in [2.05, 4.69) is 5.32 Å². The molecule has 0 unspecified atom stereocenters. The lowest BCUT2D eigenvalue weighted by Crippen LogP contribution is -2.51. The minimum atomic E-state index is -0.682. The number of carbonyl (C=O) groups is 1.